The van der Waals surface area contributed by atoms with E-state index in [1.54, 1.807) is 0 Å². The van der Waals surface area contributed by atoms with Crippen molar-refractivity contribution < 1.29 is 4.74 Å². The highest BCUT2D eigenvalue weighted by Gasteiger charge is 2.28. The van der Waals surface area contributed by atoms with E-state index >= 15 is 0 Å². The predicted molar refractivity (Wildman–Crippen MR) is 336 cm³/mol. The van der Waals surface area contributed by atoms with Gasteiger partial charge in [0.1, 0.15) is 0 Å². The SMILES string of the molecule is CCC(C)(C)CC.CCC(C)(C)CC.CCC(C)C(C)CC.CCC(C)CC.CCC(CC)(CC)CC.CCC(CC)(CC)CC.CCC(CC)(CC)COCC(CC)(CC)CC.CCC(CC)CC. The Kier molecular flexibility index (Phi) is 68.3. The lowest BCUT2D eigenvalue weighted by molar-refractivity contribution is -0.0181. The van der Waals surface area contributed by atoms with Gasteiger partial charge in [0.05, 0.1) is 13.2 Å². The maximum Gasteiger partial charge on any atom is 0.0522 e. The monoisotopic (exact) mass is 999 g/mol. The highest BCUT2D eigenvalue weighted by molar-refractivity contribution is 4.78. The molecule has 436 valence electrons. The molecule has 0 aliphatic heterocycles. The van der Waals surface area contributed by atoms with Gasteiger partial charge in [0, 0.05) is 0 Å². The molecule has 0 amide bonds. The zero-order chi connectivity index (χ0) is 57.1. The minimum atomic E-state index is 0.418. The van der Waals surface area contributed by atoms with Crippen molar-refractivity contribution >= 4 is 0 Å². The Bertz CT molecular complexity index is 784. The van der Waals surface area contributed by atoms with Gasteiger partial charge >= 0.3 is 0 Å². The summed E-state index contributed by atoms with van der Waals surface area (Å²) in [5.74, 6) is 3.75. The number of hydrogen-bond acceptors (Lipinski definition) is 1. The average molecular weight is 1000 g/mol. The Balaban J connectivity index is -0.000000108. The molecule has 70 heavy (non-hydrogen) atoms. The molecule has 0 rings (SSSR count). The molecule has 0 spiro atoms. The van der Waals surface area contributed by atoms with Crippen molar-refractivity contribution in [3.63, 3.8) is 0 Å². The highest BCUT2D eigenvalue weighted by Crippen LogP contribution is 2.36. The smallest absolute Gasteiger partial charge is 0.0522 e. The maximum atomic E-state index is 6.11. The van der Waals surface area contributed by atoms with Gasteiger partial charge in [0.25, 0.3) is 0 Å². The molecule has 0 saturated carbocycles. The van der Waals surface area contributed by atoms with Gasteiger partial charge in [0.2, 0.25) is 0 Å². The first-order chi connectivity index (χ1) is 32.7. The lowest BCUT2D eigenvalue weighted by atomic mass is 9.78. The fourth-order valence-corrected chi connectivity index (χ4v) is 8.06. The van der Waals surface area contributed by atoms with Crippen molar-refractivity contribution in [3.05, 3.63) is 0 Å². The Morgan fingerprint density at radius 1 is 0.243 bits per heavy atom. The summed E-state index contributed by atoms with van der Waals surface area (Å²) in [6, 6.07) is 0. The Morgan fingerprint density at radius 2 is 0.429 bits per heavy atom. The third-order valence-electron chi connectivity index (χ3n) is 20.5. The second kappa shape index (κ2) is 55.2. The summed E-state index contributed by atoms with van der Waals surface area (Å²) in [7, 11) is 0. The molecule has 0 radical (unpaired) electrons. The zero-order valence-electron chi connectivity index (χ0n) is 56.8. The van der Waals surface area contributed by atoms with E-state index in [1.807, 2.05) is 0 Å². The fraction of sp³-hybridized carbons (Fsp3) is 1.00. The fourth-order valence-electron chi connectivity index (χ4n) is 8.06. The van der Waals surface area contributed by atoms with Crippen LogP contribution in [0.15, 0.2) is 0 Å². The van der Waals surface area contributed by atoms with E-state index in [1.165, 1.54) is 161 Å². The number of ether oxygens (including phenoxy) is 1. The standard InChI is InChI=1S/C16H34O.2C9H20.C8H18.3C7H16.C6H14/c1-7-15(8-2,9-3)13-17-14-16(10-4,11-5)12-6;2*1-5-9(6-2,7-3)8-4;1-5-7(3)8(4)6-2;2*1-5-7(3,4)6-2;1-4-7(5-2)6-3;1-4-6(3)5-2/h7-14H2,1-6H3;2*5-8H2,1-4H3;7-8H,5-6H2,1-4H3;2*5-6H2,1-4H3;7H,4-6H2,1-3H3;6H,4-5H2,1-3H3. The van der Waals surface area contributed by atoms with Crippen LogP contribution in [-0.2, 0) is 4.74 Å². The lowest BCUT2D eigenvalue weighted by Gasteiger charge is -2.34. The van der Waals surface area contributed by atoms with Gasteiger partial charge in [-0.25, -0.2) is 0 Å². The molecular formula is C69H154O. The Labute approximate surface area is 454 Å². The van der Waals surface area contributed by atoms with Crippen LogP contribution < -0.4 is 0 Å². The van der Waals surface area contributed by atoms with Gasteiger partial charge in [-0.3, -0.25) is 0 Å². The summed E-state index contributed by atoms with van der Waals surface area (Å²) < 4.78 is 6.11. The van der Waals surface area contributed by atoms with Crippen LogP contribution >= 0.6 is 0 Å². The molecule has 2 atom stereocenters. The minimum absolute atomic E-state index is 0.418. The minimum Gasteiger partial charge on any atom is -0.380 e. The maximum absolute atomic E-state index is 6.11. The summed E-state index contributed by atoms with van der Waals surface area (Å²) in [6.07, 6.45) is 32.7. The zero-order valence-corrected chi connectivity index (χ0v) is 56.8. The number of hydrogen-bond donors (Lipinski definition) is 0. The summed E-state index contributed by atoms with van der Waals surface area (Å²) in [6.45, 7) is 74.9. The van der Waals surface area contributed by atoms with Crippen LogP contribution in [0.25, 0.3) is 0 Å². The molecule has 0 aromatic heterocycles. The molecule has 0 bridgehead atoms. The van der Waals surface area contributed by atoms with E-state index in [0.29, 0.717) is 32.5 Å². The quantitative estimate of drug-likeness (QED) is 0.0697. The third-order valence-corrected chi connectivity index (χ3v) is 20.5. The molecule has 0 aromatic carbocycles. The molecule has 0 heterocycles. The number of rotatable bonds is 30. The molecule has 1 heteroatoms. The van der Waals surface area contributed by atoms with Gasteiger partial charge in [0.15, 0.2) is 0 Å². The van der Waals surface area contributed by atoms with Crippen LogP contribution in [-0.4, -0.2) is 13.2 Å². The van der Waals surface area contributed by atoms with E-state index in [9.17, 15) is 0 Å². The summed E-state index contributed by atoms with van der Waals surface area (Å²) >= 11 is 0. The van der Waals surface area contributed by atoms with E-state index in [4.69, 9.17) is 4.74 Å². The van der Waals surface area contributed by atoms with Crippen molar-refractivity contribution in [2.24, 2.45) is 56.2 Å². The molecule has 2 unspecified atom stereocenters. The van der Waals surface area contributed by atoms with Crippen molar-refractivity contribution in [2.75, 3.05) is 13.2 Å². The van der Waals surface area contributed by atoms with Crippen LogP contribution in [0, 0.1) is 56.2 Å². The lowest BCUT2D eigenvalue weighted by Crippen LogP contribution is -2.30. The normalized spacial score (nSPS) is 12.6. The predicted octanol–water partition coefficient (Wildman–Crippen LogP) is 26.7. The molecule has 0 N–H and O–H groups in total. The molecule has 0 aliphatic carbocycles. The van der Waals surface area contributed by atoms with Gasteiger partial charge in [-0.15, -0.1) is 0 Å². The summed E-state index contributed by atoms with van der Waals surface area (Å²) in [5.41, 5.74) is 3.34. The Morgan fingerprint density at radius 3 is 0.486 bits per heavy atom. The third kappa shape index (κ3) is 47.7. The van der Waals surface area contributed by atoms with E-state index < -0.39 is 0 Å². The van der Waals surface area contributed by atoms with E-state index in [2.05, 4.69) is 222 Å². The van der Waals surface area contributed by atoms with Crippen LogP contribution in [0.4, 0.5) is 0 Å². The molecule has 0 aromatic rings. The van der Waals surface area contributed by atoms with Crippen LogP contribution in [0.1, 0.15) is 382 Å². The molecule has 0 aliphatic rings. The van der Waals surface area contributed by atoms with Gasteiger partial charge in [-0.2, -0.15) is 0 Å². The summed E-state index contributed by atoms with van der Waals surface area (Å²) in [4.78, 5) is 0. The largest absolute Gasteiger partial charge is 0.380 e. The molecule has 0 fully saturated rings. The highest BCUT2D eigenvalue weighted by atomic mass is 16.5. The average Bonchev–Trinajstić information content (AvgIpc) is 3.41. The van der Waals surface area contributed by atoms with Gasteiger partial charge < -0.3 is 4.74 Å². The summed E-state index contributed by atoms with van der Waals surface area (Å²) in [5, 5.41) is 0. The molecule has 1 nitrogen and oxygen atoms in total. The first-order valence-corrected chi connectivity index (χ1v) is 32.2. The molecular weight excluding hydrogens is 845 g/mol. The van der Waals surface area contributed by atoms with E-state index in [0.717, 1.165) is 36.9 Å². The van der Waals surface area contributed by atoms with Crippen LogP contribution in [0.2, 0.25) is 0 Å². The van der Waals surface area contributed by atoms with Crippen molar-refractivity contribution in [3.8, 4) is 0 Å². The Hall–Kier alpha value is -0.0400. The first-order valence-electron chi connectivity index (χ1n) is 32.2. The van der Waals surface area contributed by atoms with Gasteiger partial charge in [-0.1, -0.05) is 344 Å². The molecule has 0 saturated heterocycles. The topological polar surface area (TPSA) is 9.23 Å². The van der Waals surface area contributed by atoms with E-state index in [-0.39, 0.29) is 0 Å². The van der Waals surface area contributed by atoms with Crippen LogP contribution in [0.5, 0.6) is 0 Å². The van der Waals surface area contributed by atoms with Crippen molar-refractivity contribution in [1.29, 1.82) is 0 Å². The second-order valence-electron chi connectivity index (χ2n) is 24.0. The van der Waals surface area contributed by atoms with Gasteiger partial charge in [-0.05, 0) is 94.7 Å². The van der Waals surface area contributed by atoms with Crippen molar-refractivity contribution in [2.45, 2.75) is 382 Å². The first kappa shape index (κ1) is 86.7. The van der Waals surface area contributed by atoms with Crippen molar-refractivity contribution in [1.82, 2.24) is 0 Å². The second-order valence-corrected chi connectivity index (χ2v) is 24.0. The van der Waals surface area contributed by atoms with Crippen LogP contribution in [0.3, 0.4) is 0 Å².